The summed E-state index contributed by atoms with van der Waals surface area (Å²) in [6, 6.07) is 26.7. The zero-order valence-electron chi connectivity index (χ0n) is 21.2. The standard InChI is InChI=1S/C31H36N4O/c1-23-6-5-17-35(23)30-16-19-33(22-30)29-14-11-27-21-34(18-15-26(27)20-29)31(36)32-28-12-9-25(10-13-28)24-7-3-2-4-8-24/h2-4,7-14,20,23,30H,5-6,15-19,21-22H2,1H3,(H,32,36)/t23-,30-/m0/s1. The van der Waals surface area contributed by atoms with Crippen LogP contribution in [0.15, 0.2) is 72.8 Å². The van der Waals surface area contributed by atoms with Gasteiger partial charge in [-0.15, -0.1) is 0 Å². The largest absolute Gasteiger partial charge is 0.370 e. The number of rotatable bonds is 4. The Balaban J connectivity index is 1.06. The van der Waals surface area contributed by atoms with Crippen LogP contribution in [0.5, 0.6) is 0 Å². The first-order valence-electron chi connectivity index (χ1n) is 13.5. The molecule has 0 aromatic heterocycles. The molecule has 0 spiro atoms. The first-order valence-corrected chi connectivity index (χ1v) is 13.5. The molecule has 0 radical (unpaired) electrons. The number of hydrogen-bond acceptors (Lipinski definition) is 3. The van der Waals surface area contributed by atoms with Crippen molar-refractivity contribution < 1.29 is 4.79 Å². The van der Waals surface area contributed by atoms with Crippen LogP contribution in [-0.4, -0.2) is 54.1 Å². The minimum atomic E-state index is -0.0284. The van der Waals surface area contributed by atoms with Crippen molar-refractivity contribution in [2.45, 2.75) is 51.2 Å². The average molecular weight is 481 g/mol. The summed E-state index contributed by atoms with van der Waals surface area (Å²) >= 11 is 0. The van der Waals surface area contributed by atoms with Crippen LogP contribution in [0.25, 0.3) is 11.1 Å². The number of benzene rings is 3. The van der Waals surface area contributed by atoms with Gasteiger partial charge in [0.25, 0.3) is 0 Å². The Morgan fingerprint density at radius 2 is 1.67 bits per heavy atom. The van der Waals surface area contributed by atoms with Crippen LogP contribution < -0.4 is 10.2 Å². The van der Waals surface area contributed by atoms with Crippen LogP contribution in [0, 0.1) is 0 Å². The molecular formula is C31H36N4O. The highest BCUT2D eigenvalue weighted by Crippen LogP contribution is 2.31. The number of carbonyl (C=O) groups is 1. The summed E-state index contributed by atoms with van der Waals surface area (Å²) in [5, 5.41) is 3.09. The van der Waals surface area contributed by atoms with E-state index in [1.165, 1.54) is 48.2 Å². The molecular weight excluding hydrogens is 444 g/mol. The molecule has 0 unspecified atom stereocenters. The van der Waals surface area contributed by atoms with Gasteiger partial charge in [0, 0.05) is 49.6 Å². The number of fused-ring (bicyclic) bond motifs is 1. The summed E-state index contributed by atoms with van der Waals surface area (Å²) in [5.41, 5.74) is 7.16. The number of nitrogens with one attached hydrogen (secondary N) is 1. The number of urea groups is 1. The number of likely N-dealkylation sites (tertiary alicyclic amines) is 1. The van der Waals surface area contributed by atoms with Crippen LogP contribution in [0.2, 0.25) is 0 Å². The quantitative estimate of drug-likeness (QED) is 0.497. The number of nitrogens with zero attached hydrogens (tertiary/aromatic N) is 3. The van der Waals surface area contributed by atoms with Crippen LogP contribution in [0.4, 0.5) is 16.2 Å². The van der Waals surface area contributed by atoms with E-state index in [-0.39, 0.29) is 6.03 Å². The van der Waals surface area contributed by atoms with Gasteiger partial charge in [0.15, 0.2) is 0 Å². The van der Waals surface area contributed by atoms with Gasteiger partial charge in [0.1, 0.15) is 0 Å². The Kier molecular flexibility index (Phi) is 6.41. The summed E-state index contributed by atoms with van der Waals surface area (Å²) in [4.78, 5) is 20.2. The fourth-order valence-corrected chi connectivity index (χ4v) is 6.23. The second-order valence-corrected chi connectivity index (χ2v) is 10.6. The van der Waals surface area contributed by atoms with Gasteiger partial charge < -0.3 is 15.1 Å². The van der Waals surface area contributed by atoms with Crippen molar-refractivity contribution in [1.82, 2.24) is 9.80 Å². The molecule has 186 valence electrons. The van der Waals surface area contributed by atoms with E-state index in [2.05, 4.69) is 64.5 Å². The summed E-state index contributed by atoms with van der Waals surface area (Å²) < 4.78 is 0. The van der Waals surface area contributed by atoms with E-state index in [4.69, 9.17) is 0 Å². The molecule has 36 heavy (non-hydrogen) atoms. The Bertz CT molecular complexity index is 1210. The van der Waals surface area contributed by atoms with Gasteiger partial charge in [-0.1, -0.05) is 48.5 Å². The van der Waals surface area contributed by atoms with Gasteiger partial charge in [-0.2, -0.15) is 0 Å². The summed E-state index contributed by atoms with van der Waals surface area (Å²) in [7, 11) is 0. The van der Waals surface area contributed by atoms with Gasteiger partial charge >= 0.3 is 6.03 Å². The van der Waals surface area contributed by atoms with E-state index < -0.39 is 0 Å². The molecule has 0 aliphatic carbocycles. The molecule has 3 aliphatic heterocycles. The smallest absolute Gasteiger partial charge is 0.322 e. The lowest BCUT2D eigenvalue weighted by molar-refractivity contribution is 0.203. The highest BCUT2D eigenvalue weighted by atomic mass is 16.2. The predicted molar refractivity (Wildman–Crippen MR) is 147 cm³/mol. The van der Waals surface area contributed by atoms with E-state index in [9.17, 15) is 4.79 Å². The molecule has 5 heteroatoms. The predicted octanol–water partition coefficient (Wildman–Crippen LogP) is 6.01. The van der Waals surface area contributed by atoms with Gasteiger partial charge in [0.05, 0.1) is 0 Å². The van der Waals surface area contributed by atoms with E-state index >= 15 is 0 Å². The number of amides is 2. The molecule has 2 atom stereocenters. The van der Waals surface area contributed by atoms with Gasteiger partial charge in [0.2, 0.25) is 0 Å². The zero-order chi connectivity index (χ0) is 24.5. The minimum Gasteiger partial charge on any atom is -0.370 e. The molecule has 1 N–H and O–H groups in total. The maximum atomic E-state index is 13.0. The van der Waals surface area contributed by atoms with Crippen LogP contribution in [0.3, 0.4) is 0 Å². The van der Waals surface area contributed by atoms with Gasteiger partial charge in [-0.25, -0.2) is 4.79 Å². The second-order valence-electron chi connectivity index (χ2n) is 10.6. The van der Waals surface area contributed by atoms with Crippen LogP contribution in [-0.2, 0) is 13.0 Å². The Hall–Kier alpha value is -3.31. The third-order valence-electron chi connectivity index (χ3n) is 8.33. The second kappa shape index (κ2) is 9.98. The molecule has 0 bridgehead atoms. The lowest BCUT2D eigenvalue weighted by Crippen LogP contribution is -2.40. The van der Waals surface area contributed by atoms with E-state index in [1.807, 2.05) is 35.2 Å². The fraction of sp³-hybridized carbons (Fsp3) is 0.387. The maximum Gasteiger partial charge on any atom is 0.322 e. The van der Waals surface area contributed by atoms with Crippen molar-refractivity contribution in [3.8, 4) is 11.1 Å². The van der Waals surface area contributed by atoms with Crippen molar-refractivity contribution in [2.75, 3.05) is 36.4 Å². The van der Waals surface area contributed by atoms with E-state index in [0.717, 1.165) is 43.3 Å². The van der Waals surface area contributed by atoms with E-state index in [1.54, 1.807) is 0 Å². The molecule has 0 saturated carbocycles. The molecule has 3 aliphatic rings. The number of carbonyl (C=O) groups excluding carboxylic acids is 1. The van der Waals surface area contributed by atoms with Crippen LogP contribution >= 0.6 is 0 Å². The molecule has 2 saturated heterocycles. The Morgan fingerprint density at radius 1 is 0.861 bits per heavy atom. The van der Waals surface area contributed by atoms with Crippen LogP contribution in [0.1, 0.15) is 37.3 Å². The average Bonchev–Trinajstić information content (AvgIpc) is 3.58. The van der Waals surface area contributed by atoms with E-state index in [0.29, 0.717) is 12.6 Å². The SMILES string of the molecule is C[C@H]1CCCN1[C@H]1CCN(c2ccc3c(c2)CCN(C(=O)Nc2ccc(-c4ccccc4)cc2)C3)C1. The highest BCUT2D eigenvalue weighted by Gasteiger charge is 2.33. The summed E-state index contributed by atoms with van der Waals surface area (Å²) in [5.74, 6) is 0. The number of hydrogen-bond donors (Lipinski definition) is 1. The molecule has 3 heterocycles. The van der Waals surface area contributed by atoms with Crippen molar-refractivity contribution in [3.63, 3.8) is 0 Å². The normalized spacial score (nSPS) is 22.0. The lowest BCUT2D eigenvalue weighted by atomic mass is 9.99. The molecule has 5 nitrogen and oxygen atoms in total. The highest BCUT2D eigenvalue weighted by molar-refractivity contribution is 5.89. The fourth-order valence-electron chi connectivity index (χ4n) is 6.23. The van der Waals surface area contributed by atoms with Crippen molar-refractivity contribution in [1.29, 1.82) is 0 Å². The van der Waals surface area contributed by atoms with Gasteiger partial charge in [-0.3, -0.25) is 4.90 Å². The van der Waals surface area contributed by atoms with Gasteiger partial charge in [-0.05, 0) is 85.7 Å². The minimum absolute atomic E-state index is 0.0284. The number of anilines is 2. The molecule has 2 amide bonds. The molecule has 3 aromatic carbocycles. The molecule has 6 rings (SSSR count). The first kappa shape index (κ1) is 23.1. The van der Waals surface area contributed by atoms with Crippen molar-refractivity contribution in [3.05, 3.63) is 83.9 Å². The third-order valence-corrected chi connectivity index (χ3v) is 8.33. The first-order chi connectivity index (χ1) is 17.6. The Morgan fingerprint density at radius 3 is 2.44 bits per heavy atom. The summed E-state index contributed by atoms with van der Waals surface area (Å²) in [6.07, 6.45) is 4.86. The molecule has 2 fully saturated rings. The lowest BCUT2D eigenvalue weighted by Gasteiger charge is -2.31. The monoisotopic (exact) mass is 480 g/mol. The maximum absolute atomic E-state index is 13.0. The Labute approximate surface area is 214 Å². The summed E-state index contributed by atoms with van der Waals surface area (Å²) in [6.45, 7) is 7.34. The zero-order valence-corrected chi connectivity index (χ0v) is 21.2. The third kappa shape index (κ3) is 4.72. The van der Waals surface area contributed by atoms with Crippen molar-refractivity contribution >= 4 is 17.4 Å². The molecule has 3 aromatic rings. The van der Waals surface area contributed by atoms with Crippen molar-refractivity contribution in [2.24, 2.45) is 0 Å². The topological polar surface area (TPSA) is 38.8 Å².